The smallest absolute Gasteiger partial charge is 0.471 e. The van der Waals surface area contributed by atoms with Crippen molar-refractivity contribution in [2.45, 2.75) is 69.8 Å². The summed E-state index contributed by atoms with van der Waals surface area (Å²) in [7, 11) is 1.58. The third-order valence-electron chi connectivity index (χ3n) is 11.2. The van der Waals surface area contributed by atoms with E-state index in [1.807, 2.05) is 0 Å². The molecule has 1 saturated heterocycles. The Morgan fingerprint density at radius 1 is 0.952 bits per heavy atom. The molecule has 17 heteroatoms. The lowest BCUT2D eigenvalue weighted by Gasteiger charge is -2.33. The number of hydrogen-bond acceptors (Lipinski definition) is 9. The van der Waals surface area contributed by atoms with Crippen LogP contribution in [-0.2, 0) is 20.8 Å². The lowest BCUT2D eigenvalue weighted by Crippen LogP contribution is -2.55. The van der Waals surface area contributed by atoms with Gasteiger partial charge in [-0.3, -0.25) is 24.0 Å². The van der Waals surface area contributed by atoms with Crippen LogP contribution in [0.15, 0.2) is 94.1 Å². The van der Waals surface area contributed by atoms with Crippen LogP contribution in [0, 0.1) is 0 Å². The summed E-state index contributed by atoms with van der Waals surface area (Å²) in [6.45, 7) is 1.41. The number of phenols is 1. The number of phenolic OH excluding ortho intramolecular Hbond substituents is 1. The van der Waals surface area contributed by atoms with Crippen molar-refractivity contribution in [3.05, 3.63) is 112 Å². The van der Waals surface area contributed by atoms with E-state index in [1.165, 1.54) is 53.4 Å². The molecule has 3 aromatic carbocycles. The molecule has 3 aromatic rings. The molecule has 14 nitrogen and oxygen atoms in total. The van der Waals surface area contributed by atoms with Crippen LogP contribution in [0.2, 0.25) is 0 Å². The van der Waals surface area contributed by atoms with Crippen LogP contribution in [0.1, 0.15) is 65.3 Å². The van der Waals surface area contributed by atoms with Crippen LogP contribution < -0.4 is 21.4 Å². The number of rotatable bonds is 17. The van der Waals surface area contributed by atoms with Gasteiger partial charge in [0.2, 0.25) is 11.8 Å². The normalized spacial score (nSPS) is 14.9. The predicted octanol–water partition coefficient (Wildman–Crippen LogP) is 5.59. The average Bonchev–Trinajstić information content (AvgIpc) is 3.73. The summed E-state index contributed by atoms with van der Waals surface area (Å²) in [5.41, 5.74) is 1.58. The minimum absolute atomic E-state index is 0.0492. The van der Waals surface area contributed by atoms with Gasteiger partial charge in [-0.2, -0.15) is 13.2 Å². The van der Waals surface area contributed by atoms with Crippen molar-refractivity contribution in [2.24, 2.45) is 0 Å². The van der Waals surface area contributed by atoms with Crippen LogP contribution >= 0.6 is 0 Å². The van der Waals surface area contributed by atoms with Crippen molar-refractivity contribution in [3.63, 3.8) is 0 Å². The van der Waals surface area contributed by atoms with Crippen molar-refractivity contribution in [1.29, 1.82) is 0 Å². The fraction of sp³-hybridized carbons (Fsp3) is 0.348. The zero-order valence-electron chi connectivity index (χ0n) is 34.7. The molecular weight excluding hydrogens is 824 g/mol. The van der Waals surface area contributed by atoms with Crippen molar-refractivity contribution in [1.82, 2.24) is 25.8 Å². The molecule has 0 radical (unpaired) electrons. The molecule has 332 valence electrons. The number of nitrogens with zero attached hydrogens (tertiary/aromatic N) is 2. The number of amides is 4. The zero-order chi connectivity index (χ0) is 45.4. The van der Waals surface area contributed by atoms with Gasteiger partial charge in [-0.05, 0) is 100 Å². The summed E-state index contributed by atoms with van der Waals surface area (Å²) in [4.78, 5) is 80.0. The van der Waals surface area contributed by atoms with Gasteiger partial charge in [0.25, 0.3) is 5.91 Å². The van der Waals surface area contributed by atoms with E-state index in [1.54, 1.807) is 50.4 Å². The number of likely N-dealkylation sites (tertiary alicyclic amines) is 1. The largest absolute Gasteiger partial charge is 0.508 e. The number of hydrogen-bond donors (Lipinski definition) is 5. The van der Waals surface area contributed by atoms with Crippen molar-refractivity contribution < 1.29 is 51.8 Å². The summed E-state index contributed by atoms with van der Waals surface area (Å²) in [5.74, 6) is -4.76. The molecule has 5 N–H and O–H groups in total. The van der Waals surface area contributed by atoms with Gasteiger partial charge in [0.05, 0.1) is 11.6 Å². The number of benzene rings is 4. The van der Waals surface area contributed by atoms with Gasteiger partial charge in [0.15, 0.2) is 5.43 Å². The van der Waals surface area contributed by atoms with E-state index in [9.17, 15) is 52.2 Å². The van der Waals surface area contributed by atoms with Gasteiger partial charge in [-0.25, -0.2) is 4.79 Å². The maximum Gasteiger partial charge on any atom is 0.471 e. The number of carboxylic acid groups (broad SMARTS) is 1. The van der Waals surface area contributed by atoms with Gasteiger partial charge in [0, 0.05) is 66.4 Å². The Balaban J connectivity index is 1.13. The predicted molar refractivity (Wildman–Crippen MR) is 227 cm³/mol. The number of alkyl halides is 3. The topological polar surface area (TPSA) is 199 Å². The maximum atomic E-state index is 14.1. The lowest BCUT2D eigenvalue weighted by molar-refractivity contribution is -0.186. The summed E-state index contributed by atoms with van der Waals surface area (Å²) in [6, 6.07) is 19.0. The second-order valence-electron chi connectivity index (χ2n) is 15.5. The molecular formula is C46H48F3N5O9. The van der Waals surface area contributed by atoms with Crippen LogP contribution in [0.25, 0.3) is 33.4 Å². The monoisotopic (exact) mass is 871 g/mol. The highest BCUT2D eigenvalue weighted by Gasteiger charge is 2.44. The van der Waals surface area contributed by atoms with E-state index >= 15 is 0 Å². The highest BCUT2D eigenvalue weighted by atomic mass is 19.4. The van der Waals surface area contributed by atoms with E-state index in [-0.39, 0.29) is 78.2 Å². The Morgan fingerprint density at radius 3 is 2.41 bits per heavy atom. The molecule has 63 heavy (non-hydrogen) atoms. The Bertz CT molecular complexity index is 2510. The van der Waals surface area contributed by atoms with Crippen LogP contribution in [0.5, 0.6) is 5.75 Å². The van der Waals surface area contributed by atoms with E-state index < -0.39 is 53.9 Å². The van der Waals surface area contributed by atoms with Gasteiger partial charge < -0.3 is 40.4 Å². The maximum absolute atomic E-state index is 14.1. The molecule has 3 atom stereocenters. The molecule has 0 aromatic heterocycles. The number of carboxylic acids is 1. The molecule has 3 aliphatic rings. The number of aromatic carboxylic acids is 1. The molecule has 1 fully saturated rings. The first-order chi connectivity index (χ1) is 30.0. The Hall–Kier alpha value is -6.75. The number of likely N-dealkylation sites (N-methyl/N-ethyl adjacent to an activating group) is 1. The van der Waals surface area contributed by atoms with E-state index in [0.29, 0.717) is 42.2 Å². The molecule has 2 heterocycles. The summed E-state index contributed by atoms with van der Waals surface area (Å²) >= 11 is 0. The van der Waals surface area contributed by atoms with Crippen LogP contribution in [0.3, 0.4) is 0 Å². The summed E-state index contributed by atoms with van der Waals surface area (Å²) < 4.78 is 47.1. The summed E-state index contributed by atoms with van der Waals surface area (Å²) in [5, 5.41) is 29.2. The number of carbonyl (C=O) groups is 5. The Morgan fingerprint density at radius 2 is 1.70 bits per heavy atom. The Kier molecular flexibility index (Phi) is 14.5. The van der Waals surface area contributed by atoms with E-state index in [2.05, 4.69) is 16.0 Å². The van der Waals surface area contributed by atoms with Gasteiger partial charge in [-0.15, -0.1) is 0 Å². The van der Waals surface area contributed by atoms with Gasteiger partial charge >= 0.3 is 18.1 Å². The average molecular weight is 872 g/mol. The SMILES string of the molecule is CN[C@@H](C)C(=O)N[C@@H](CCCCNC(=O)c1ccc(-c2c3ccc(=O)cc-3oc3cc(O)ccc23)c(C(=O)O)c1)C(=O)N1CCC[C@H]1CN(CCc1ccccc1)C(=O)C(F)(F)F. The van der Waals surface area contributed by atoms with Crippen molar-refractivity contribution in [2.75, 3.05) is 33.2 Å². The molecule has 0 spiro atoms. The highest BCUT2D eigenvalue weighted by molar-refractivity contribution is 6.09. The first kappa shape index (κ1) is 45.8. The lowest BCUT2D eigenvalue weighted by atomic mass is 9.90. The number of unbranched alkanes of at least 4 members (excludes halogenated alkanes) is 1. The van der Waals surface area contributed by atoms with Crippen LogP contribution in [0.4, 0.5) is 13.2 Å². The van der Waals surface area contributed by atoms with E-state index in [4.69, 9.17) is 4.42 Å². The third-order valence-corrected chi connectivity index (χ3v) is 11.2. The Labute approximate surface area is 360 Å². The molecule has 1 aliphatic carbocycles. The van der Waals surface area contributed by atoms with Gasteiger partial charge in [-0.1, -0.05) is 36.4 Å². The van der Waals surface area contributed by atoms with Crippen molar-refractivity contribution in [3.8, 4) is 28.2 Å². The fourth-order valence-electron chi connectivity index (χ4n) is 7.83. The molecule has 2 aliphatic heterocycles. The number of nitrogens with one attached hydrogen (secondary N) is 3. The molecule has 0 saturated carbocycles. The molecule has 0 unspecified atom stereocenters. The van der Waals surface area contributed by atoms with Gasteiger partial charge in [0.1, 0.15) is 23.1 Å². The number of carbonyl (C=O) groups excluding carboxylic acids is 4. The molecule has 4 amide bonds. The first-order valence-corrected chi connectivity index (χ1v) is 20.6. The quantitative estimate of drug-likeness (QED) is 0.0581. The molecule has 6 rings (SSSR count). The zero-order valence-corrected chi connectivity index (χ0v) is 34.7. The third kappa shape index (κ3) is 11.0. The molecule has 0 bridgehead atoms. The number of halogens is 3. The van der Waals surface area contributed by atoms with Crippen LogP contribution in [-0.4, -0.2) is 107 Å². The number of aromatic hydroxyl groups is 1. The second-order valence-corrected chi connectivity index (χ2v) is 15.5. The first-order valence-electron chi connectivity index (χ1n) is 20.6. The standard InChI is InChI=1S/C46H48F3N5O9/c1-27(50-2)41(57)52-37(43(59)54-21-8-11-30(54)26-53(45(62)46(47,48)49)22-19-28-9-4-3-5-10-28)12-6-7-20-51-42(58)29-13-16-33(36(23-29)44(60)61)40-34-17-14-31(55)24-38(34)63-39-25-32(56)15-18-35(39)40/h3-5,9-10,13-18,23-25,27,30,37,50,55H,6-8,11-12,19-22,26H2,1-2H3,(H,51,58)(H,52,57)(H,60,61)/t27-,30-,37-/m0/s1. The second kappa shape index (κ2) is 20.0. The summed E-state index contributed by atoms with van der Waals surface area (Å²) in [6.07, 6.45) is -3.26. The fourth-order valence-corrected chi connectivity index (χ4v) is 7.83. The minimum Gasteiger partial charge on any atom is -0.508 e. The van der Waals surface area contributed by atoms with E-state index in [0.717, 1.165) is 10.5 Å². The minimum atomic E-state index is -5.11. The number of fused-ring (bicyclic) bond motifs is 2. The highest BCUT2D eigenvalue weighted by Crippen LogP contribution is 2.42. The van der Waals surface area contributed by atoms with Crippen molar-refractivity contribution >= 4 is 40.6 Å².